The van der Waals surface area contributed by atoms with Crippen molar-refractivity contribution >= 4 is 28.7 Å². The van der Waals surface area contributed by atoms with Crippen molar-refractivity contribution in [2.75, 3.05) is 36.1 Å². The fourth-order valence-electron chi connectivity index (χ4n) is 6.08. The SMILES string of the molecule is CCc1ccccc1-n1c(C)cc([C@@H]2[C@H](c3ccccn3)NC(=S)N2c2ccc(N3CCOCC3)cc2)c1C. The molecule has 2 atom stereocenters. The first-order chi connectivity index (χ1) is 19.1. The van der Waals surface area contributed by atoms with Crippen molar-refractivity contribution in [2.24, 2.45) is 0 Å². The molecule has 0 aliphatic carbocycles. The molecule has 6 rings (SSSR count). The maximum Gasteiger partial charge on any atom is 0.174 e. The highest BCUT2D eigenvalue weighted by Gasteiger charge is 2.42. The molecule has 2 aliphatic rings. The molecule has 7 heteroatoms. The van der Waals surface area contributed by atoms with E-state index in [9.17, 15) is 0 Å². The van der Waals surface area contributed by atoms with Crippen molar-refractivity contribution in [3.8, 4) is 5.69 Å². The standard InChI is InChI=1S/C32H35N5OS/c1-4-24-9-5-6-11-29(24)36-22(2)21-27(23(36)3)31-30(28-10-7-8-16-33-28)34-32(39)37(31)26-14-12-25(13-15-26)35-17-19-38-20-18-35/h5-16,21,30-31H,4,17-20H2,1-3H3,(H,34,39)/t30-,31+/m0/s1. The first-order valence-electron chi connectivity index (χ1n) is 13.8. The second-order valence-corrected chi connectivity index (χ2v) is 10.6. The average Bonchev–Trinajstić information content (AvgIpc) is 3.48. The monoisotopic (exact) mass is 537 g/mol. The second kappa shape index (κ2) is 10.8. The zero-order valence-corrected chi connectivity index (χ0v) is 23.6. The summed E-state index contributed by atoms with van der Waals surface area (Å²) >= 11 is 6.00. The van der Waals surface area contributed by atoms with Crippen molar-refractivity contribution in [1.29, 1.82) is 0 Å². The number of nitrogens with zero attached hydrogens (tertiary/aromatic N) is 4. The van der Waals surface area contributed by atoms with Crippen LogP contribution in [0.4, 0.5) is 11.4 Å². The third-order valence-electron chi connectivity index (χ3n) is 8.00. The lowest BCUT2D eigenvalue weighted by molar-refractivity contribution is 0.122. The Morgan fingerprint density at radius 3 is 2.38 bits per heavy atom. The molecule has 200 valence electrons. The van der Waals surface area contributed by atoms with Gasteiger partial charge in [-0.05, 0) is 92.1 Å². The maximum absolute atomic E-state index is 6.00. The van der Waals surface area contributed by atoms with Gasteiger partial charge in [0, 0.05) is 47.7 Å². The van der Waals surface area contributed by atoms with Crippen LogP contribution in [0.2, 0.25) is 0 Å². The van der Waals surface area contributed by atoms with Crippen LogP contribution in [0.3, 0.4) is 0 Å². The highest BCUT2D eigenvalue weighted by atomic mass is 32.1. The van der Waals surface area contributed by atoms with E-state index < -0.39 is 0 Å². The smallest absolute Gasteiger partial charge is 0.174 e. The number of pyridine rings is 1. The number of thiocarbonyl (C=S) groups is 1. The molecule has 4 heterocycles. The van der Waals surface area contributed by atoms with E-state index >= 15 is 0 Å². The van der Waals surface area contributed by atoms with E-state index in [0.29, 0.717) is 5.11 Å². The molecule has 0 spiro atoms. The third kappa shape index (κ3) is 4.70. The Labute approximate surface area is 236 Å². The predicted molar refractivity (Wildman–Crippen MR) is 162 cm³/mol. The van der Waals surface area contributed by atoms with Crippen LogP contribution in [0.15, 0.2) is 79.0 Å². The van der Waals surface area contributed by atoms with Gasteiger partial charge in [0.25, 0.3) is 0 Å². The quantitative estimate of drug-likeness (QED) is 0.302. The normalized spacial score (nSPS) is 19.4. The van der Waals surface area contributed by atoms with Gasteiger partial charge < -0.3 is 24.4 Å². The summed E-state index contributed by atoms with van der Waals surface area (Å²) in [4.78, 5) is 9.39. The number of hydrogen-bond acceptors (Lipinski definition) is 4. The zero-order valence-electron chi connectivity index (χ0n) is 22.8. The van der Waals surface area contributed by atoms with Crippen molar-refractivity contribution < 1.29 is 4.74 Å². The summed E-state index contributed by atoms with van der Waals surface area (Å²) in [5.41, 5.74) is 9.53. The highest BCUT2D eigenvalue weighted by molar-refractivity contribution is 7.80. The number of benzene rings is 2. The molecule has 0 unspecified atom stereocenters. The van der Waals surface area contributed by atoms with E-state index in [4.69, 9.17) is 21.9 Å². The molecule has 2 aromatic carbocycles. The lowest BCUT2D eigenvalue weighted by Gasteiger charge is -2.31. The van der Waals surface area contributed by atoms with Gasteiger partial charge in [0.15, 0.2) is 5.11 Å². The van der Waals surface area contributed by atoms with Crippen LogP contribution >= 0.6 is 12.2 Å². The number of para-hydroxylation sites is 1. The first-order valence-corrected chi connectivity index (χ1v) is 14.2. The molecule has 0 amide bonds. The molecule has 39 heavy (non-hydrogen) atoms. The van der Waals surface area contributed by atoms with E-state index in [1.807, 2.05) is 18.3 Å². The maximum atomic E-state index is 6.00. The van der Waals surface area contributed by atoms with Crippen molar-refractivity contribution in [1.82, 2.24) is 14.9 Å². The number of hydrogen-bond donors (Lipinski definition) is 1. The van der Waals surface area contributed by atoms with Gasteiger partial charge >= 0.3 is 0 Å². The molecule has 2 saturated heterocycles. The summed E-state index contributed by atoms with van der Waals surface area (Å²) < 4.78 is 7.94. The molecule has 6 nitrogen and oxygen atoms in total. The third-order valence-corrected chi connectivity index (χ3v) is 8.32. The van der Waals surface area contributed by atoms with Gasteiger partial charge in [0.2, 0.25) is 0 Å². The molecule has 1 N–H and O–H groups in total. The summed E-state index contributed by atoms with van der Waals surface area (Å²) in [6, 6.07) is 25.8. The van der Waals surface area contributed by atoms with Crippen LogP contribution in [0.5, 0.6) is 0 Å². The van der Waals surface area contributed by atoms with E-state index in [-0.39, 0.29) is 12.1 Å². The summed E-state index contributed by atoms with van der Waals surface area (Å²) in [6.07, 6.45) is 2.84. The van der Waals surface area contributed by atoms with Crippen LogP contribution in [0.1, 0.15) is 47.2 Å². The van der Waals surface area contributed by atoms with E-state index in [1.165, 1.54) is 33.9 Å². The van der Waals surface area contributed by atoms with Gasteiger partial charge in [0.1, 0.15) is 0 Å². The molecule has 0 radical (unpaired) electrons. The van der Waals surface area contributed by atoms with Crippen LogP contribution in [-0.2, 0) is 11.2 Å². The fourth-order valence-corrected chi connectivity index (χ4v) is 6.43. The number of ether oxygens (including phenoxy) is 1. The van der Waals surface area contributed by atoms with E-state index in [2.05, 4.69) is 101 Å². The lowest BCUT2D eigenvalue weighted by atomic mass is 9.96. The van der Waals surface area contributed by atoms with Gasteiger partial charge in [0.05, 0.1) is 31.0 Å². The fraction of sp³-hybridized carbons (Fsp3) is 0.312. The summed E-state index contributed by atoms with van der Waals surface area (Å²) in [5, 5.41) is 4.34. The topological polar surface area (TPSA) is 45.6 Å². The number of nitrogens with one attached hydrogen (secondary N) is 1. The van der Waals surface area contributed by atoms with Crippen LogP contribution in [-0.4, -0.2) is 41.0 Å². The Hall–Kier alpha value is -3.68. The lowest BCUT2D eigenvalue weighted by Crippen LogP contribution is -2.36. The van der Waals surface area contributed by atoms with Gasteiger partial charge in [-0.25, -0.2) is 0 Å². The van der Waals surface area contributed by atoms with Gasteiger partial charge in [-0.2, -0.15) is 0 Å². The van der Waals surface area contributed by atoms with Crippen LogP contribution in [0, 0.1) is 13.8 Å². The summed E-state index contributed by atoms with van der Waals surface area (Å²) in [7, 11) is 0. The summed E-state index contributed by atoms with van der Waals surface area (Å²) in [5.74, 6) is 0. The Morgan fingerprint density at radius 2 is 1.67 bits per heavy atom. The number of rotatable bonds is 6. The number of morpholine rings is 1. The molecule has 0 bridgehead atoms. The molecule has 0 saturated carbocycles. The Balaban J connectivity index is 1.44. The summed E-state index contributed by atoms with van der Waals surface area (Å²) in [6.45, 7) is 10.0. The van der Waals surface area contributed by atoms with Gasteiger partial charge in [-0.3, -0.25) is 4.98 Å². The minimum absolute atomic E-state index is 0.0459. The Kier molecular flexibility index (Phi) is 7.11. The van der Waals surface area contributed by atoms with E-state index in [0.717, 1.165) is 44.1 Å². The van der Waals surface area contributed by atoms with Crippen LogP contribution in [0.25, 0.3) is 5.69 Å². The molecule has 2 aromatic heterocycles. The zero-order chi connectivity index (χ0) is 26.9. The van der Waals surface area contributed by atoms with Crippen molar-refractivity contribution in [2.45, 2.75) is 39.3 Å². The average molecular weight is 538 g/mol. The van der Waals surface area contributed by atoms with Crippen LogP contribution < -0.4 is 15.1 Å². The van der Waals surface area contributed by atoms with Gasteiger partial charge in [-0.1, -0.05) is 31.2 Å². The minimum atomic E-state index is -0.0759. The molecule has 2 aliphatic heterocycles. The largest absolute Gasteiger partial charge is 0.378 e. The molecular weight excluding hydrogens is 502 g/mol. The molecule has 4 aromatic rings. The molecule has 2 fully saturated rings. The number of aromatic nitrogens is 2. The van der Waals surface area contributed by atoms with Gasteiger partial charge in [-0.15, -0.1) is 0 Å². The van der Waals surface area contributed by atoms with Crippen molar-refractivity contribution in [3.05, 3.63) is 107 Å². The Morgan fingerprint density at radius 1 is 0.949 bits per heavy atom. The second-order valence-electron chi connectivity index (χ2n) is 10.3. The number of anilines is 2. The van der Waals surface area contributed by atoms with Crippen molar-refractivity contribution in [3.63, 3.8) is 0 Å². The molecular formula is C32H35N5OS. The first kappa shape index (κ1) is 25.6. The highest BCUT2D eigenvalue weighted by Crippen LogP contribution is 2.44. The number of aryl methyl sites for hydroxylation is 2. The van der Waals surface area contributed by atoms with E-state index in [1.54, 1.807) is 0 Å². The minimum Gasteiger partial charge on any atom is -0.378 e. The Bertz CT molecular complexity index is 1460. The predicted octanol–water partition coefficient (Wildman–Crippen LogP) is 6.07.